The Labute approximate surface area is 161 Å². The van der Waals surface area contributed by atoms with Crippen LogP contribution in [0.3, 0.4) is 0 Å². The molecular formula is C21H20FN3O3. The quantitative estimate of drug-likeness (QED) is 0.869. The van der Waals surface area contributed by atoms with Crippen LogP contribution in [0.25, 0.3) is 0 Å². The average Bonchev–Trinajstić information content (AvgIpc) is 2.71. The van der Waals surface area contributed by atoms with Gasteiger partial charge in [-0.2, -0.15) is 0 Å². The van der Waals surface area contributed by atoms with Gasteiger partial charge in [-0.15, -0.1) is 0 Å². The Bertz CT molecular complexity index is 918. The van der Waals surface area contributed by atoms with E-state index >= 15 is 0 Å². The zero-order valence-electron chi connectivity index (χ0n) is 15.2. The van der Waals surface area contributed by atoms with Crippen LogP contribution in [-0.4, -0.2) is 59.2 Å². The molecule has 144 valence electrons. The number of benzene rings is 2. The summed E-state index contributed by atoms with van der Waals surface area (Å²) in [4.78, 5) is 41.2. The van der Waals surface area contributed by atoms with Gasteiger partial charge in [0.2, 0.25) is 11.8 Å². The Morgan fingerprint density at radius 1 is 1.07 bits per heavy atom. The van der Waals surface area contributed by atoms with Crippen LogP contribution in [0.1, 0.15) is 15.9 Å². The van der Waals surface area contributed by atoms with Crippen molar-refractivity contribution in [3.05, 3.63) is 71.5 Å². The van der Waals surface area contributed by atoms with Gasteiger partial charge in [0.15, 0.2) is 0 Å². The molecule has 0 aliphatic carbocycles. The van der Waals surface area contributed by atoms with E-state index in [2.05, 4.69) is 5.32 Å². The van der Waals surface area contributed by atoms with Gasteiger partial charge in [-0.1, -0.05) is 36.4 Å². The van der Waals surface area contributed by atoms with Crippen molar-refractivity contribution in [2.24, 2.45) is 0 Å². The highest BCUT2D eigenvalue weighted by molar-refractivity contribution is 5.99. The Balaban J connectivity index is 1.46. The standard InChI is InChI=1S/C21H20FN3O3/c22-16-8-4-7-15(12-16)20(27)24-9-10-25-18(13-24)19(26)23-17(21(25)28)11-14-5-2-1-3-6-14/h1-8,12,17-18H,9-11,13H2,(H,23,26)/t17-,18+/m0/s1. The number of carbonyl (C=O) groups excluding carboxylic acids is 3. The van der Waals surface area contributed by atoms with Crippen molar-refractivity contribution >= 4 is 17.7 Å². The van der Waals surface area contributed by atoms with Gasteiger partial charge in [0.1, 0.15) is 17.9 Å². The lowest BCUT2D eigenvalue weighted by Gasteiger charge is -2.45. The second kappa shape index (κ2) is 7.42. The molecule has 2 aliphatic heterocycles. The number of halogens is 1. The van der Waals surface area contributed by atoms with E-state index < -0.39 is 17.9 Å². The summed E-state index contributed by atoms with van der Waals surface area (Å²) in [5.74, 6) is -1.23. The van der Waals surface area contributed by atoms with Crippen molar-refractivity contribution in [1.82, 2.24) is 15.1 Å². The third-order valence-electron chi connectivity index (χ3n) is 5.22. The smallest absolute Gasteiger partial charge is 0.254 e. The summed E-state index contributed by atoms with van der Waals surface area (Å²) in [5.41, 5.74) is 1.21. The molecule has 7 heteroatoms. The van der Waals surface area contributed by atoms with Crippen LogP contribution in [-0.2, 0) is 16.0 Å². The van der Waals surface area contributed by atoms with E-state index in [9.17, 15) is 18.8 Å². The van der Waals surface area contributed by atoms with Gasteiger partial charge in [-0.25, -0.2) is 4.39 Å². The molecular weight excluding hydrogens is 361 g/mol. The van der Waals surface area contributed by atoms with Gasteiger partial charge >= 0.3 is 0 Å². The van der Waals surface area contributed by atoms with E-state index in [0.717, 1.165) is 5.56 Å². The maximum absolute atomic E-state index is 13.4. The first-order valence-corrected chi connectivity index (χ1v) is 9.22. The third kappa shape index (κ3) is 3.47. The number of piperazine rings is 2. The Morgan fingerprint density at radius 3 is 2.61 bits per heavy atom. The lowest BCUT2D eigenvalue weighted by Crippen LogP contribution is -2.70. The van der Waals surface area contributed by atoms with E-state index in [1.165, 1.54) is 23.1 Å². The van der Waals surface area contributed by atoms with E-state index in [0.29, 0.717) is 13.0 Å². The molecule has 2 saturated heterocycles. The van der Waals surface area contributed by atoms with Crippen molar-refractivity contribution < 1.29 is 18.8 Å². The topological polar surface area (TPSA) is 69.7 Å². The molecule has 0 spiro atoms. The Morgan fingerprint density at radius 2 is 1.86 bits per heavy atom. The van der Waals surface area contributed by atoms with E-state index in [4.69, 9.17) is 0 Å². The van der Waals surface area contributed by atoms with Crippen molar-refractivity contribution in [3.8, 4) is 0 Å². The number of amides is 3. The summed E-state index contributed by atoms with van der Waals surface area (Å²) in [7, 11) is 0. The highest BCUT2D eigenvalue weighted by atomic mass is 19.1. The fourth-order valence-corrected chi connectivity index (χ4v) is 3.78. The van der Waals surface area contributed by atoms with Crippen LogP contribution in [0.5, 0.6) is 0 Å². The molecule has 0 aromatic heterocycles. The summed E-state index contributed by atoms with van der Waals surface area (Å²) < 4.78 is 13.4. The van der Waals surface area contributed by atoms with Crippen molar-refractivity contribution in [3.63, 3.8) is 0 Å². The normalized spacial score (nSPS) is 21.9. The molecule has 2 heterocycles. The number of hydrogen-bond acceptors (Lipinski definition) is 3. The van der Waals surface area contributed by atoms with Gasteiger partial charge in [-0.3, -0.25) is 14.4 Å². The molecule has 0 unspecified atom stereocenters. The lowest BCUT2D eigenvalue weighted by molar-refractivity contribution is -0.152. The molecule has 28 heavy (non-hydrogen) atoms. The molecule has 4 rings (SSSR count). The second-order valence-corrected chi connectivity index (χ2v) is 7.06. The first-order chi connectivity index (χ1) is 13.5. The van der Waals surface area contributed by atoms with E-state index in [1.54, 1.807) is 11.0 Å². The molecule has 2 atom stereocenters. The monoisotopic (exact) mass is 381 g/mol. The Hall–Kier alpha value is -3.22. The molecule has 0 radical (unpaired) electrons. The van der Waals surface area contributed by atoms with Crippen LogP contribution in [0.2, 0.25) is 0 Å². The van der Waals surface area contributed by atoms with Crippen molar-refractivity contribution in [2.45, 2.75) is 18.5 Å². The molecule has 2 fully saturated rings. The summed E-state index contributed by atoms with van der Waals surface area (Å²) in [5, 5.41) is 2.79. The summed E-state index contributed by atoms with van der Waals surface area (Å²) in [6.45, 7) is 0.692. The SMILES string of the molecule is O=C1N[C@@H](Cc2ccccc2)C(=O)N2CCN(C(=O)c3cccc(F)c3)C[C@H]12. The van der Waals surface area contributed by atoms with Crippen LogP contribution in [0.4, 0.5) is 4.39 Å². The molecule has 3 amide bonds. The van der Waals surface area contributed by atoms with Gasteiger partial charge in [0.05, 0.1) is 6.54 Å². The van der Waals surface area contributed by atoms with Crippen LogP contribution in [0, 0.1) is 5.82 Å². The molecule has 2 aromatic rings. The molecule has 6 nitrogen and oxygen atoms in total. The second-order valence-electron chi connectivity index (χ2n) is 7.06. The highest BCUT2D eigenvalue weighted by Crippen LogP contribution is 2.20. The average molecular weight is 381 g/mol. The maximum Gasteiger partial charge on any atom is 0.254 e. The minimum absolute atomic E-state index is 0.102. The third-order valence-corrected chi connectivity index (χ3v) is 5.22. The molecule has 0 bridgehead atoms. The van der Waals surface area contributed by atoms with Crippen LogP contribution >= 0.6 is 0 Å². The fourth-order valence-electron chi connectivity index (χ4n) is 3.78. The van der Waals surface area contributed by atoms with Crippen LogP contribution < -0.4 is 5.32 Å². The predicted molar refractivity (Wildman–Crippen MR) is 99.9 cm³/mol. The van der Waals surface area contributed by atoms with Crippen molar-refractivity contribution in [2.75, 3.05) is 19.6 Å². The zero-order valence-corrected chi connectivity index (χ0v) is 15.2. The predicted octanol–water partition coefficient (Wildman–Crippen LogP) is 1.22. The van der Waals surface area contributed by atoms with Crippen molar-refractivity contribution in [1.29, 1.82) is 0 Å². The number of rotatable bonds is 3. The first-order valence-electron chi connectivity index (χ1n) is 9.22. The summed E-state index contributed by atoms with van der Waals surface area (Å²) in [6, 6.07) is 13.7. The minimum atomic E-state index is -0.717. The summed E-state index contributed by atoms with van der Waals surface area (Å²) in [6.07, 6.45) is 0.431. The minimum Gasteiger partial charge on any atom is -0.342 e. The maximum atomic E-state index is 13.4. The molecule has 2 aromatic carbocycles. The Kier molecular flexibility index (Phi) is 4.81. The van der Waals surface area contributed by atoms with Crippen LogP contribution in [0.15, 0.2) is 54.6 Å². The van der Waals surface area contributed by atoms with E-state index in [1.807, 2.05) is 30.3 Å². The molecule has 1 N–H and O–H groups in total. The number of hydrogen-bond donors (Lipinski definition) is 1. The van der Waals surface area contributed by atoms with Gasteiger partial charge in [-0.05, 0) is 23.8 Å². The first kappa shape index (κ1) is 18.2. The van der Waals surface area contributed by atoms with Gasteiger partial charge in [0, 0.05) is 25.1 Å². The largest absolute Gasteiger partial charge is 0.342 e. The number of carbonyl (C=O) groups is 3. The highest BCUT2D eigenvalue weighted by Gasteiger charge is 2.44. The van der Waals surface area contributed by atoms with Gasteiger partial charge in [0.25, 0.3) is 5.91 Å². The molecule has 0 saturated carbocycles. The number of nitrogens with one attached hydrogen (secondary N) is 1. The molecule has 2 aliphatic rings. The lowest BCUT2D eigenvalue weighted by atomic mass is 9.98. The number of fused-ring (bicyclic) bond motifs is 1. The fraction of sp³-hybridized carbons (Fsp3) is 0.286. The van der Waals surface area contributed by atoms with E-state index in [-0.39, 0.29) is 36.4 Å². The number of nitrogens with zero attached hydrogens (tertiary/aromatic N) is 2. The summed E-state index contributed by atoms with van der Waals surface area (Å²) >= 11 is 0. The van der Waals surface area contributed by atoms with Gasteiger partial charge < -0.3 is 15.1 Å². The zero-order chi connectivity index (χ0) is 19.7.